The number of halogens is 1. The van der Waals surface area contributed by atoms with E-state index < -0.39 is 0 Å². The van der Waals surface area contributed by atoms with Crippen molar-refractivity contribution in [3.63, 3.8) is 0 Å². The molecule has 0 aliphatic carbocycles. The molecule has 1 aromatic heterocycles. The minimum Gasteiger partial charge on any atom is -0.494 e. The van der Waals surface area contributed by atoms with E-state index in [9.17, 15) is 4.79 Å². The van der Waals surface area contributed by atoms with Crippen molar-refractivity contribution >= 4 is 45.9 Å². The van der Waals surface area contributed by atoms with Gasteiger partial charge in [0.25, 0.3) is 0 Å². The first-order valence-corrected chi connectivity index (χ1v) is 11.2. The number of benzene rings is 3. The largest absolute Gasteiger partial charge is 0.494 e. The number of hydrogen-bond acceptors (Lipinski definition) is 5. The lowest BCUT2D eigenvalue weighted by Crippen LogP contribution is -2.14. The predicted molar refractivity (Wildman–Crippen MR) is 127 cm³/mol. The molecule has 0 fully saturated rings. The summed E-state index contributed by atoms with van der Waals surface area (Å²) in [6.07, 6.45) is 0. The summed E-state index contributed by atoms with van der Waals surface area (Å²) >= 11 is 7.39. The van der Waals surface area contributed by atoms with Crippen LogP contribution in [0.2, 0.25) is 5.02 Å². The normalized spacial score (nSPS) is 10.8. The number of nitrogens with one attached hydrogen (secondary N) is 1. The molecular formula is C24H20ClN3O2S. The van der Waals surface area contributed by atoms with E-state index in [2.05, 4.69) is 10.3 Å². The van der Waals surface area contributed by atoms with Gasteiger partial charge in [0.2, 0.25) is 5.91 Å². The summed E-state index contributed by atoms with van der Waals surface area (Å²) in [5.74, 6) is 1.50. The Hall–Kier alpha value is -3.09. The van der Waals surface area contributed by atoms with Crippen molar-refractivity contribution in [2.24, 2.45) is 0 Å². The Balaban J connectivity index is 1.51. The van der Waals surface area contributed by atoms with Gasteiger partial charge in [-0.15, -0.1) is 0 Å². The van der Waals surface area contributed by atoms with Gasteiger partial charge in [0.15, 0.2) is 5.82 Å². The Morgan fingerprint density at radius 1 is 1.00 bits per heavy atom. The van der Waals surface area contributed by atoms with Crippen LogP contribution in [-0.2, 0) is 4.79 Å². The number of thioether (sulfide) groups is 1. The Morgan fingerprint density at radius 2 is 1.74 bits per heavy atom. The molecule has 7 heteroatoms. The summed E-state index contributed by atoms with van der Waals surface area (Å²) in [6.45, 7) is 2.54. The molecular weight excluding hydrogens is 430 g/mol. The van der Waals surface area contributed by atoms with Crippen LogP contribution in [0.15, 0.2) is 77.8 Å². The molecule has 0 spiro atoms. The summed E-state index contributed by atoms with van der Waals surface area (Å²) in [5.41, 5.74) is 2.43. The fourth-order valence-electron chi connectivity index (χ4n) is 3.02. The topological polar surface area (TPSA) is 64.1 Å². The number of anilines is 1. The molecule has 0 bridgehead atoms. The lowest BCUT2D eigenvalue weighted by molar-refractivity contribution is -0.113. The molecule has 5 nitrogen and oxygen atoms in total. The number of fused-ring (bicyclic) bond motifs is 1. The maximum atomic E-state index is 12.5. The molecule has 4 rings (SSSR count). The number of amides is 1. The first-order chi connectivity index (χ1) is 15.1. The van der Waals surface area contributed by atoms with Gasteiger partial charge in [-0.2, -0.15) is 0 Å². The number of carbonyl (C=O) groups excluding carboxylic acids is 1. The third-order valence-corrected chi connectivity index (χ3v) is 5.70. The third-order valence-electron chi connectivity index (χ3n) is 4.46. The van der Waals surface area contributed by atoms with Gasteiger partial charge in [0.05, 0.1) is 17.9 Å². The van der Waals surface area contributed by atoms with E-state index in [0.29, 0.717) is 17.5 Å². The second kappa shape index (κ2) is 9.81. The van der Waals surface area contributed by atoms with Gasteiger partial charge in [-0.1, -0.05) is 41.6 Å². The van der Waals surface area contributed by atoms with Crippen molar-refractivity contribution < 1.29 is 9.53 Å². The van der Waals surface area contributed by atoms with E-state index in [4.69, 9.17) is 21.3 Å². The number of para-hydroxylation sites is 1. The molecule has 156 valence electrons. The zero-order chi connectivity index (χ0) is 21.6. The lowest BCUT2D eigenvalue weighted by atomic mass is 10.2. The molecule has 1 amide bonds. The highest BCUT2D eigenvalue weighted by Crippen LogP contribution is 2.29. The maximum Gasteiger partial charge on any atom is 0.234 e. The van der Waals surface area contributed by atoms with E-state index in [1.54, 1.807) is 0 Å². The Kier molecular flexibility index (Phi) is 6.70. The van der Waals surface area contributed by atoms with Gasteiger partial charge >= 0.3 is 0 Å². The van der Waals surface area contributed by atoms with E-state index in [1.165, 1.54) is 11.8 Å². The van der Waals surface area contributed by atoms with Crippen molar-refractivity contribution in [2.75, 3.05) is 17.7 Å². The number of rotatable bonds is 7. The summed E-state index contributed by atoms with van der Waals surface area (Å²) in [5, 5.41) is 5.24. The van der Waals surface area contributed by atoms with Crippen LogP contribution in [0.5, 0.6) is 5.75 Å². The second-order valence-electron chi connectivity index (χ2n) is 6.67. The van der Waals surface area contributed by atoms with Gasteiger partial charge in [-0.25, -0.2) is 9.97 Å². The Bertz CT molecular complexity index is 1200. The number of nitrogens with zero attached hydrogens (tertiary/aromatic N) is 2. The highest BCUT2D eigenvalue weighted by molar-refractivity contribution is 8.00. The molecule has 0 radical (unpaired) electrons. The monoisotopic (exact) mass is 449 g/mol. The minimum atomic E-state index is -0.107. The fraction of sp³-hybridized carbons (Fsp3) is 0.125. The molecule has 0 aliphatic rings. The zero-order valence-electron chi connectivity index (χ0n) is 16.8. The molecule has 0 unspecified atom stereocenters. The SMILES string of the molecule is CCOc1ccc(NC(=O)CSc2nc(-c3ccc(Cl)cc3)nc3ccccc23)cc1. The molecule has 0 saturated heterocycles. The van der Waals surface area contributed by atoms with Crippen molar-refractivity contribution in [1.82, 2.24) is 9.97 Å². The van der Waals surface area contributed by atoms with Crippen molar-refractivity contribution in [3.05, 3.63) is 77.8 Å². The molecule has 0 saturated carbocycles. The Labute approximate surface area is 189 Å². The van der Waals surface area contributed by atoms with Gasteiger partial charge < -0.3 is 10.1 Å². The number of aromatic nitrogens is 2. The molecule has 1 heterocycles. The molecule has 0 aliphatic heterocycles. The van der Waals surface area contributed by atoms with Crippen LogP contribution in [0.1, 0.15) is 6.92 Å². The molecule has 31 heavy (non-hydrogen) atoms. The third kappa shape index (κ3) is 5.34. The number of ether oxygens (including phenoxy) is 1. The summed E-state index contributed by atoms with van der Waals surface area (Å²) in [7, 11) is 0. The number of carbonyl (C=O) groups is 1. The Morgan fingerprint density at radius 3 is 2.48 bits per heavy atom. The van der Waals surface area contributed by atoms with Crippen molar-refractivity contribution in [3.8, 4) is 17.1 Å². The van der Waals surface area contributed by atoms with Crippen LogP contribution in [0.4, 0.5) is 5.69 Å². The summed E-state index contributed by atoms with van der Waals surface area (Å²) in [4.78, 5) is 21.9. The maximum absolute atomic E-state index is 12.5. The van der Waals surface area contributed by atoms with Gasteiger partial charge in [0.1, 0.15) is 10.8 Å². The van der Waals surface area contributed by atoms with Crippen LogP contribution < -0.4 is 10.1 Å². The van der Waals surface area contributed by atoms with E-state index >= 15 is 0 Å². The first-order valence-electron chi connectivity index (χ1n) is 9.80. The average Bonchev–Trinajstić information content (AvgIpc) is 2.79. The van der Waals surface area contributed by atoms with Crippen molar-refractivity contribution in [1.29, 1.82) is 0 Å². The van der Waals surface area contributed by atoms with Crippen LogP contribution in [-0.4, -0.2) is 28.2 Å². The van der Waals surface area contributed by atoms with Crippen LogP contribution in [0.3, 0.4) is 0 Å². The smallest absolute Gasteiger partial charge is 0.234 e. The molecule has 4 aromatic rings. The highest BCUT2D eigenvalue weighted by Gasteiger charge is 2.12. The van der Waals surface area contributed by atoms with Crippen molar-refractivity contribution in [2.45, 2.75) is 11.9 Å². The quantitative estimate of drug-likeness (QED) is 0.273. The van der Waals surface area contributed by atoms with E-state index in [-0.39, 0.29) is 11.7 Å². The van der Waals surface area contributed by atoms with E-state index in [0.717, 1.165) is 32.9 Å². The predicted octanol–water partition coefficient (Wildman–Crippen LogP) is 6.08. The second-order valence-corrected chi connectivity index (χ2v) is 8.07. The first kappa shape index (κ1) is 21.2. The van der Waals surface area contributed by atoms with E-state index in [1.807, 2.05) is 79.7 Å². The van der Waals surface area contributed by atoms with Gasteiger partial charge in [-0.05, 0) is 61.5 Å². The van der Waals surface area contributed by atoms with Crippen LogP contribution in [0.25, 0.3) is 22.3 Å². The van der Waals surface area contributed by atoms with Crippen LogP contribution in [0, 0.1) is 0 Å². The number of hydrogen-bond donors (Lipinski definition) is 1. The summed E-state index contributed by atoms with van der Waals surface area (Å²) < 4.78 is 5.43. The standard InChI is InChI=1S/C24H20ClN3O2S/c1-2-30-19-13-11-18(12-14-19)26-22(29)15-31-24-20-5-3-4-6-21(20)27-23(28-24)16-7-9-17(25)10-8-16/h3-14H,2,15H2,1H3,(H,26,29). The molecule has 3 aromatic carbocycles. The summed E-state index contributed by atoms with van der Waals surface area (Å²) in [6, 6.07) is 22.5. The van der Waals surface area contributed by atoms with Gasteiger partial charge in [-0.3, -0.25) is 4.79 Å². The van der Waals surface area contributed by atoms with Crippen LogP contribution >= 0.6 is 23.4 Å². The minimum absolute atomic E-state index is 0.107. The molecule has 0 atom stereocenters. The fourth-order valence-corrected chi connectivity index (χ4v) is 3.96. The van der Waals surface area contributed by atoms with Gasteiger partial charge in [0, 0.05) is 21.7 Å². The molecule has 1 N–H and O–H groups in total. The zero-order valence-corrected chi connectivity index (χ0v) is 18.4. The average molecular weight is 450 g/mol. The lowest BCUT2D eigenvalue weighted by Gasteiger charge is -2.10. The highest BCUT2D eigenvalue weighted by atomic mass is 35.5.